The Balaban J connectivity index is 3.47. The van der Waals surface area contributed by atoms with Gasteiger partial charge in [-0.1, -0.05) is 19.8 Å². The van der Waals surface area contributed by atoms with Gasteiger partial charge in [0.2, 0.25) is 5.91 Å². The third-order valence-corrected chi connectivity index (χ3v) is 1.39. The number of hydrogen-bond donors (Lipinski definition) is 1. The SMILES string of the molecule is CCCC[CH]C(=O)NC(C)(C)C. The van der Waals surface area contributed by atoms with Crippen LogP contribution in [0.5, 0.6) is 0 Å². The van der Waals surface area contributed by atoms with E-state index in [4.69, 9.17) is 0 Å². The second-order valence-electron chi connectivity index (χ2n) is 4.09. The molecule has 1 N–H and O–H groups in total. The Morgan fingerprint density at radius 3 is 2.42 bits per heavy atom. The number of amides is 1. The van der Waals surface area contributed by atoms with Crippen LogP contribution in [-0.4, -0.2) is 11.4 Å². The fourth-order valence-electron chi connectivity index (χ4n) is 0.858. The first-order chi connectivity index (χ1) is 5.45. The molecule has 0 aliphatic rings. The standard InChI is InChI=1S/C10H20NO/c1-5-6-7-8-9(12)11-10(2,3)4/h8H,5-7H2,1-4H3,(H,11,12). The van der Waals surface area contributed by atoms with E-state index in [1.54, 1.807) is 6.42 Å². The van der Waals surface area contributed by atoms with Gasteiger partial charge in [0.05, 0.1) is 0 Å². The van der Waals surface area contributed by atoms with Gasteiger partial charge in [0, 0.05) is 12.0 Å². The summed E-state index contributed by atoms with van der Waals surface area (Å²) in [4.78, 5) is 11.2. The van der Waals surface area contributed by atoms with Gasteiger partial charge in [0.25, 0.3) is 0 Å². The van der Waals surface area contributed by atoms with Crippen molar-refractivity contribution in [2.24, 2.45) is 0 Å². The van der Waals surface area contributed by atoms with Gasteiger partial charge >= 0.3 is 0 Å². The second-order valence-corrected chi connectivity index (χ2v) is 4.09. The third-order valence-electron chi connectivity index (χ3n) is 1.39. The number of carbonyl (C=O) groups excluding carboxylic acids is 1. The molecule has 0 aliphatic carbocycles. The summed E-state index contributed by atoms with van der Waals surface area (Å²) in [7, 11) is 0. The van der Waals surface area contributed by atoms with Crippen molar-refractivity contribution in [3.05, 3.63) is 6.42 Å². The molecule has 0 bridgehead atoms. The van der Waals surface area contributed by atoms with Gasteiger partial charge in [-0.05, 0) is 27.2 Å². The summed E-state index contributed by atoms with van der Waals surface area (Å²) in [6.45, 7) is 8.07. The molecule has 0 spiro atoms. The van der Waals surface area contributed by atoms with Gasteiger partial charge in [0.1, 0.15) is 0 Å². The van der Waals surface area contributed by atoms with E-state index in [0.29, 0.717) is 0 Å². The van der Waals surface area contributed by atoms with Crippen LogP contribution in [0.3, 0.4) is 0 Å². The Labute approximate surface area is 75.7 Å². The summed E-state index contributed by atoms with van der Waals surface area (Å²) in [6.07, 6.45) is 4.85. The number of unbranched alkanes of at least 4 members (excludes halogenated alkanes) is 2. The molecule has 0 heterocycles. The van der Waals surface area contributed by atoms with Crippen LogP contribution < -0.4 is 5.32 Å². The number of rotatable bonds is 4. The molecular formula is C10H20NO. The lowest BCUT2D eigenvalue weighted by Crippen LogP contribution is -2.40. The molecule has 1 amide bonds. The first-order valence-electron chi connectivity index (χ1n) is 4.61. The summed E-state index contributed by atoms with van der Waals surface area (Å²) < 4.78 is 0. The summed E-state index contributed by atoms with van der Waals surface area (Å²) >= 11 is 0. The maximum atomic E-state index is 11.2. The molecule has 12 heavy (non-hydrogen) atoms. The topological polar surface area (TPSA) is 29.1 Å². The van der Waals surface area contributed by atoms with Gasteiger partial charge in [-0.3, -0.25) is 4.79 Å². The molecule has 0 aliphatic heterocycles. The maximum Gasteiger partial charge on any atom is 0.224 e. The molecule has 0 aromatic rings. The zero-order valence-electron chi connectivity index (χ0n) is 8.61. The van der Waals surface area contributed by atoms with E-state index in [0.717, 1.165) is 19.3 Å². The normalized spacial score (nSPS) is 11.3. The number of nitrogens with one attached hydrogen (secondary N) is 1. The summed E-state index contributed by atoms with van der Waals surface area (Å²) in [6, 6.07) is 0. The smallest absolute Gasteiger partial charge is 0.224 e. The predicted octanol–water partition coefficient (Wildman–Crippen LogP) is 2.30. The van der Waals surface area contributed by atoms with Crippen molar-refractivity contribution in [3.8, 4) is 0 Å². The lowest BCUT2D eigenvalue weighted by atomic mass is 10.1. The average molecular weight is 170 g/mol. The third kappa shape index (κ3) is 7.58. The van der Waals surface area contributed by atoms with Crippen LogP contribution in [0.15, 0.2) is 0 Å². The van der Waals surface area contributed by atoms with Crippen molar-refractivity contribution in [1.29, 1.82) is 0 Å². The summed E-state index contributed by atoms with van der Waals surface area (Å²) in [5.41, 5.74) is -0.111. The van der Waals surface area contributed by atoms with Gasteiger partial charge in [-0.25, -0.2) is 0 Å². The zero-order chi connectivity index (χ0) is 9.61. The summed E-state index contributed by atoms with van der Waals surface area (Å²) in [5.74, 6) is 0.0518. The Bertz CT molecular complexity index is 135. The van der Waals surface area contributed by atoms with Gasteiger partial charge in [0.15, 0.2) is 0 Å². The molecule has 2 nitrogen and oxygen atoms in total. The van der Waals surface area contributed by atoms with E-state index in [1.165, 1.54) is 0 Å². The van der Waals surface area contributed by atoms with Crippen molar-refractivity contribution in [1.82, 2.24) is 5.32 Å². The van der Waals surface area contributed by atoms with Crippen molar-refractivity contribution >= 4 is 5.91 Å². The van der Waals surface area contributed by atoms with E-state index >= 15 is 0 Å². The lowest BCUT2D eigenvalue weighted by Gasteiger charge is -2.20. The van der Waals surface area contributed by atoms with E-state index in [-0.39, 0.29) is 11.4 Å². The highest BCUT2D eigenvalue weighted by atomic mass is 16.1. The van der Waals surface area contributed by atoms with Crippen LogP contribution in [-0.2, 0) is 4.79 Å². The molecule has 0 aromatic carbocycles. The second kappa shape index (κ2) is 5.18. The molecule has 0 fully saturated rings. The monoisotopic (exact) mass is 170 g/mol. The highest BCUT2D eigenvalue weighted by molar-refractivity contribution is 5.85. The first-order valence-corrected chi connectivity index (χ1v) is 4.61. The zero-order valence-corrected chi connectivity index (χ0v) is 8.61. The number of carbonyl (C=O) groups is 1. The molecule has 1 radical (unpaired) electrons. The van der Waals surface area contributed by atoms with Crippen LogP contribution in [0, 0.1) is 6.42 Å². The molecule has 0 rings (SSSR count). The highest BCUT2D eigenvalue weighted by Gasteiger charge is 2.12. The predicted molar refractivity (Wildman–Crippen MR) is 51.7 cm³/mol. The molecule has 2 heteroatoms. The van der Waals surface area contributed by atoms with Crippen LogP contribution in [0.2, 0.25) is 0 Å². The molecule has 0 aromatic heterocycles. The van der Waals surface area contributed by atoms with E-state index < -0.39 is 0 Å². The van der Waals surface area contributed by atoms with Crippen molar-refractivity contribution in [2.45, 2.75) is 52.5 Å². The average Bonchev–Trinajstić information content (AvgIpc) is 1.84. The van der Waals surface area contributed by atoms with Crippen LogP contribution in [0.4, 0.5) is 0 Å². The van der Waals surface area contributed by atoms with E-state index in [2.05, 4.69) is 12.2 Å². The van der Waals surface area contributed by atoms with Crippen LogP contribution >= 0.6 is 0 Å². The Morgan fingerprint density at radius 1 is 1.42 bits per heavy atom. The van der Waals surface area contributed by atoms with Gasteiger partial charge < -0.3 is 5.32 Å². The minimum Gasteiger partial charge on any atom is -0.351 e. The molecule has 0 atom stereocenters. The molecule has 0 unspecified atom stereocenters. The Kier molecular flexibility index (Phi) is 4.95. The fourth-order valence-corrected chi connectivity index (χ4v) is 0.858. The van der Waals surface area contributed by atoms with Crippen LogP contribution in [0.25, 0.3) is 0 Å². The largest absolute Gasteiger partial charge is 0.351 e. The van der Waals surface area contributed by atoms with Crippen LogP contribution in [0.1, 0.15) is 47.0 Å². The summed E-state index contributed by atoms with van der Waals surface area (Å²) in [5, 5.41) is 2.88. The molecule has 0 saturated carbocycles. The van der Waals surface area contributed by atoms with E-state index in [9.17, 15) is 4.79 Å². The quantitative estimate of drug-likeness (QED) is 0.644. The maximum absolute atomic E-state index is 11.2. The minimum atomic E-state index is -0.111. The molecular weight excluding hydrogens is 150 g/mol. The first kappa shape index (κ1) is 11.5. The Hall–Kier alpha value is -0.530. The van der Waals surface area contributed by atoms with Crippen molar-refractivity contribution in [3.63, 3.8) is 0 Å². The van der Waals surface area contributed by atoms with Gasteiger partial charge in [-0.15, -0.1) is 0 Å². The fraction of sp³-hybridized carbons (Fsp3) is 0.800. The number of hydrogen-bond acceptors (Lipinski definition) is 1. The minimum absolute atomic E-state index is 0.0518. The van der Waals surface area contributed by atoms with E-state index in [1.807, 2.05) is 20.8 Å². The molecule has 71 valence electrons. The highest BCUT2D eigenvalue weighted by Crippen LogP contribution is 2.02. The lowest BCUT2D eigenvalue weighted by molar-refractivity contribution is -0.119. The Morgan fingerprint density at radius 2 is 2.00 bits per heavy atom. The van der Waals surface area contributed by atoms with Gasteiger partial charge in [-0.2, -0.15) is 0 Å². The van der Waals surface area contributed by atoms with Crippen molar-refractivity contribution in [2.75, 3.05) is 0 Å². The molecule has 0 saturated heterocycles. The van der Waals surface area contributed by atoms with Crippen molar-refractivity contribution < 1.29 is 4.79 Å².